The van der Waals surface area contributed by atoms with Crippen molar-refractivity contribution in [2.45, 2.75) is 4.90 Å². The van der Waals surface area contributed by atoms with Gasteiger partial charge in [-0.2, -0.15) is 8.42 Å². The second-order valence-corrected chi connectivity index (χ2v) is 5.04. The van der Waals surface area contributed by atoms with E-state index in [1.807, 2.05) is 0 Å². The lowest BCUT2D eigenvalue weighted by Gasteiger charge is -2.03. The van der Waals surface area contributed by atoms with Gasteiger partial charge in [0, 0.05) is 6.07 Å². The van der Waals surface area contributed by atoms with Crippen LogP contribution in [0.3, 0.4) is 0 Å². The van der Waals surface area contributed by atoms with Crippen molar-refractivity contribution in [2.24, 2.45) is 0 Å². The van der Waals surface area contributed by atoms with Gasteiger partial charge in [-0.3, -0.25) is 14.4 Å². The van der Waals surface area contributed by atoms with Gasteiger partial charge in [-0.25, -0.2) is 9.48 Å². The average Bonchev–Trinajstić information content (AvgIpc) is 2.71. The van der Waals surface area contributed by atoms with Gasteiger partial charge in [0.1, 0.15) is 5.69 Å². The lowest BCUT2D eigenvalue weighted by atomic mass is 10.3. The highest BCUT2D eigenvalue weighted by molar-refractivity contribution is 7.85. The standard InChI is InChI=1S/C10H8N2O6S/c13-9-5-8(10(14)15)11-12(9)6-2-1-3-7(4-6)19(16,17)18/h1-5,11H,(H,14,15)(H,16,17,18). The smallest absolute Gasteiger partial charge is 0.353 e. The minimum absolute atomic E-state index is 0.0904. The third kappa shape index (κ3) is 2.56. The van der Waals surface area contributed by atoms with Gasteiger partial charge < -0.3 is 5.11 Å². The molecule has 1 aromatic heterocycles. The number of aromatic carboxylic acids is 1. The summed E-state index contributed by atoms with van der Waals surface area (Å²) in [5, 5.41) is 11.0. The number of carbonyl (C=O) groups is 1. The van der Waals surface area contributed by atoms with Gasteiger partial charge in [-0.05, 0) is 18.2 Å². The maximum absolute atomic E-state index is 11.6. The van der Waals surface area contributed by atoms with Crippen LogP contribution in [0.4, 0.5) is 0 Å². The monoisotopic (exact) mass is 284 g/mol. The molecule has 0 aliphatic rings. The molecule has 0 radical (unpaired) electrons. The van der Waals surface area contributed by atoms with E-state index in [0.717, 1.165) is 22.9 Å². The first kappa shape index (κ1) is 13.1. The summed E-state index contributed by atoms with van der Waals surface area (Å²) in [6.45, 7) is 0. The van der Waals surface area contributed by atoms with Gasteiger partial charge in [0.05, 0.1) is 10.6 Å². The summed E-state index contributed by atoms with van der Waals surface area (Å²) in [5.74, 6) is -1.32. The molecule has 0 amide bonds. The third-order valence-corrected chi connectivity index (χ3v) is 3.17. The van der Waals surface area contributed by atoms with Gasteiger partial charge in [-0.15, -0.1) is 0 Å². The Morgan fingerprint density at radius 1 is 1.26 bits per heavy atom. The van der Waals surface area contributed by atoms with Crippen LogP contribution in [0, 0.1) is 0 Å². The van der Waals surface area contributed by atoms with Gasteiger partial charge in [0.25, 0.3) is 15.7 Å². The Kier molecular flexibility index (Phi) is 3.00. The Hall–Kier alpha value is -2.39. The molecule has 0 bridgehead atoms. The summed E-state index contributed by atoms with van der Waals surface area (Å²) >= 11 is 0. The number of H-pyrrole nitrogens is 1. The first-order valence-corrected chi connectivity index (χ1v) is 6.36. The minimum atomic E-state index is -4.40. The zero-order valence-electron chi connectivity index (χ0n) is 9.27. The van der Waals surface area contributed by atoms with Crippen LogP contribution in [0.25, 0.3) is 5.69 Å². The van der Waals surface area contributed by atoms with Crippen LogP contribution in [-0.4, -0.2) is 33.8 Å². The summed E-state index contributed by atoms with van der Waals surface area (Å²) < 4.78 is 31.7. The van der Waals surface area contributed by atoms with Crippen LogP contribution in [0.5, 0.6) is 0 Å². The first-order valence-electron chi connectivity index (χ1n) is 4.92. The zero-order valence-corrected chi connectivity index (χ0v) is 10.1. The Bertz CT molecular complexity index is 801. The van der Waals surface area contributed by atoms with Crippen LogP contribution in [-0.2, 0) is 10.1 Å². The van der Waals surface area contributed by atoms with E-state index in [1.165, 1.54) is 12.1 Å². The van der Waals surface area contributed by atoms with Crippen LogP contribution in [0.2, 0.25) is 0 Å². The highest BCUT2D eigenvalue weighted by Crippen LogP contribution is 2.13. The van der Waals surface area contributed by atoms with Crippen molar-refractivity contribution < 1.29 is 22.9 Å². The first-order chi connectivity index (χ1) is 8.79. The maximum Gasteiger partial charge on any atom is 0.353 e. The molecule has 0 saturated carbocycles. The van der Waals surface area contributed by atoms with Gasteiger partial charge in [-0.1, -0.05) is 6.07 Å². The molecule has 0 atom stereocenters. The molecule has 2 rings (SSSR count). The fourth-order valence-electron chi connectivity index (χ4n) is 1.48. The zero-order chi connectivity index (χ0) is 14.2. The topological polar surface area (TPSA) is 129 Å². The van der Waals surface area contributed by atoms with Crippen molar-refractivity contribution in [1.82, 2.24) is 9.78 Å². The molecule has 1 aromatic carbocycles. The molecule has 0 fully saturated rings. The van der Waals surface area contributed by atoms with Gasteiger partial charge in [0.15, 0.2) is 0 Å². The molecule has 19 heavy (non-hydrogen) atoms. The highest BCUT2D eigenvalue weighted by Gasteiger charge is 2.13. The van der Waals surface area contributed by atoms with E-state index in [1.54, 1.807) is 0 Å². The van der Waals surface area contributed by atoms with E-state index in [-0.39, 0.29) is 11.4 Å². The molecule has 100 valence electrons. The van der Waals surface area contributed by atoms with Crippen molar-refractivity contribution in [3.05, 3.63) is 46.4 Å². The number of carboxylic acids is 1. The van der Waals surface area contributed by atoms with Crippen LogP contribution in [0.1, 0.15) is 10.5 Å². The van der Waals surface area contributed by atoms with E-state index < -0.39 is 26.5 Å². The summed E-state index contributed by atoms with van der Waals surface area (Å²) in [5.41, 5.74) is -0.903. The van der Waals surface area contributed by atoms with E-state index >= 15 is 0 Å². The van der Waals surface area contributed by atoms with E-state index in [0.29, 0.717) is 0 Å². The Balaban J connectivity index is 2.60. The summed E-state index contributed by atoms with van der Waals surface area (Å²) in [4.78, 5) is 21.9. The molecule has 3 N–H and O–H groups in total. The second-order valence-electron chi connectivity index (χ2n) is 3.62. The third-order valence-electron chi connectivity index (χ3n) is 2.32. The second kappa shape index (κ2) is 4.37. The largest absolute Gasteiger partial charge is 0.477 e. The van der Waals surface area contributed by atoms with Crippen LogP contribution < -0.4 is 5.56 Å². The molecule has 8 nitrogen and oxygen atoms in total. The Morgan fingerprint density at radius 3 is 2.47 bits per heavy atom. The molecule has 0 aliphatic heterocycles. The Labute approximate surface area is 106 Å². The van der Waals surface area contributed by atoms with Crippen LogP contribution >= 0.6 is 0 Å². The molecule has 0 saturated heterocycles. The number of hydrogen-bond acceptors (Lipinski definition) is 4. The fraction of sp³-hybridized carbons (Fsp3) is 0. The van der Waals surface area contributed by atoms with Crippen molar-refractivity contribution in [1.29, 1.82) is 0 Å². The van der Waals surface area contributed by atoms with Gasteiger partial charge in [0.2, 0.25) is 0 Å². The Morgan fingerprint density at radius 2 is 1.95 bits per heavy atom. The number of rotatable bonds is 3. The average molecular weight is 284 g/mol. The summed E-state index contributed by atoms with van der Waals surface area (Å²) in [6, 6.07) is 5.75. The van der Waals surface area contributed by atoms with Crippen molar-refractivity contribution in [3.8, 4) is 5.69 Å². The molecule has 0 spiro atoms. The van der Waals surface area contributed by atoms with E-state index in [9.17, 15) is 18.0 Å². The summed E-state index contributed by atoms with van der Waals surface area (Å²) in [6.07, 6.45) is 0. The number of aromatic amines is 1. The molecular weight excluding hydrogens is 276 g/mol. The maximum atomic E-state index is 11.6. The van der Waals surface area contributed by atoms with E-state index in [2.05, 4.69) is 5.10 Å². The minimum Gasteiger partial charge on any atom is -0.477 e. The number of carboxylic acid groups (broad SMARTS) is 1. The number of aromatic nitrogens is 2. The molecule has 1 heterocycles. The van der Waals surface area contributed by atoms with Crippen molar-refractivity contribution in [3.63, 3.8) is 0 Å². The number of nitrogens with zero attached hydrogens (tertiary/aromatic N) is 1. The van der Waals surface area contributed by atoms with Crippen LogP contribution in [0.15, 0.2) is 40.0 Å². The molecule has 0 aliphatic carbocycles. The highest BCUT2D eigenvalue weighted by atomic mass is 32.2. The fourth-order valence-corrected chi connectivity index (χ4v) is 2.00. The number of benzene rings is 1. The van der Waals surface area contributed by atoms with E-state index in [4.69, 9.17) is 9.66 Å². The molecule has 0 unspecified atom stereocenters. The van der Waals surface area contributed by atoms with Crippen molar-refractivity contribution >= 4 is 16.1 Å². The predicted molar refractivity (Wildman–Crippen MR) is 63.2 cm³/mol. The predicted octanol–water partition coefficient (Wildman–Crippen LogP) is 0.111. The number of nitrogens with one attached hydrogen (secondary N) is 1. The van der Waals surface area contributed by atoms with Gasteiger partial charge >= 0.3 is 5.97 Å². The number of hydrogen-bond donors (Lipinski definition) is 3. The molecule has 9 heteroatoms. The lowest BCUT2D eigenvalue weighted by molar-refractivity contribution is 0.0690. The SMILES string of the molecule is O=C(O)c1cc(=O)n(-c2cccc(S(=O)(=O)O)c2)[nH]1. The lowest BCUT2D eigenvalue weighted by Crippen LogP contribution is -2.14. The molecular formula is C10H8N2O6S. The normalized spacial score (nSPS) is 11.4. The van der Waals surface area contributed by atoms with Crippen molar-refractivity contribution in [2.75, 3.05) is 0 Å². The molecule has 2 aromatic rings. The summed E-state index contributed by atoms with van der Waals surface area (Å²) in [7, 11) is -4.40. The quantitative estimate of drug-likeness (QED) is 0.686.